The Morgan fingerprint density at radius 2 is 0.780 bits per heavy atom. The van der Waals surface area contributed by atoms with Gasteiger partial charge in [0.15, 0.2) is 5.82 Å². The van der Waals surface area contributed by atoms with Gasteiger partial charge in [0.1, 0.15) is 11.6 Å². The minimum atomic E-state index is 0.283. The summed E-state index contributed by atoms with van der Waals surface area (Å²) in [5.74, 6) is 0.446. The summed E-state index contributed by atoms with van der Waals surface area (Å²) in [7, 11) is 0. The van der Waals surface area contributed by atoms with Crippen molar-refractivity contribution in [2.75, 3.05) is 0 Å². The lowest BCUT2D eigenvalue weighted by atomic mass is 10.0. The van der Waals surface area contributed by atoms with Crippen LogP contribution in [0.1, 0.15) is 39.2 Å². The zero-order valence-corrected chi connectivity index (χ0v) is 26.7. The number of hydrogen-bond donors (Lipinski definition) is 0. The van der Waals surface area contributed by atoms with Gasteiger partial charge in [0.05, 0.1) is 80.0 Å². The van der Waals surface area contributed by atoms with Crippen molar-refractivity contribution in [3.8, 4) is 53.1 Å². The first-order chi connectivity index (χ1) is 24.3. The topological polar surface area (TPSA) is 155 Å². The van der Waals surface area contributed by atoms with E-state index >= 15 is 0 Å². The molecule has 0 N–H and O–H groups in total. The smallest absolute Gasteiger partial charge is 0.159 e. The number of aryl methyl sites for hydroxylation is 2. The number of aromatic nitrogens is 4. The molecule has 0 saturated heterocycles. The molecule has 0 saturated carbocycles. The van der Waals surface area contributed by atoms with E-state index in [0.29, 0.717) is 67.1 Å². The number of fused-ring (bicyclic) bond motifs is 6. The number of nitrogens with zero attached hydrogens (tertiary/aromatic N) is 9. The molecule has 0 spiro atoms. The molecule has 9 nitrogen and oxygen atoms in total. The van der Waals surface area contributed by atoms with Gasteiger partial charge in [-0.2, -0.15) is 26.3 Å². The Morgan fingerprint density at radius 3 is 1.08 bits per heavy atom. The fraction of sp³-hybridized carbons (Fsp3) is 0.0488. The first-order valence-electron chi connectivity index (χ1n) is 15.5. The zero-order valence-electron chi connectivity index (χ0n) is 26.7. The quantitative estimate of drug-likeness (QED) is 0.188. The fourth-order valence-electron chi connectivity index (χ4n) is 6.90. The highest BCUT2D eigenvalue weighted by Crippen LogP contribution is 2.40. The molecular formula is C41H21N9. The van der Waals surface area contributed by atoms with E-state index in [1.54, 1.807) is 48.5 Å². The second-order valence-electron chi connectivity index (χ2n) is 12.0. The molecule has 9 heteroatoms. The van der Waals surface area contributed by atoms with Gasteiger partial charge < -0.3 is 9.13 Å². The van der Waals surface area contributed by atoms with E-state index in [1.165, 1.54) is 0 Å². The van der Waals surface area contributed by atoms with Crippen LogP contribution < -0.4 is 0 Å². The van der Waals surface area contributed by atoms with E-state index in [2.05, 4.69) is 30.3 Å². The predicted molar refractivity (Wildman–Crippen MR) is 189 cm³/mol. The molecule has 0 aliphatic rings. The van der Waals surface area contributed by atoms with Crippen LogP contribution in [0.2, 0.25) is 0 Å². The molecule has 0 radical (unpaired) electrons. The lowest BCUT2D eigenvalue weighted by molar-refractivity contribution is 1.05. The van der Waals surface area contributed by atoms with E-state index < -0.39 is 0 Å². The summed E-state index contributed by atoms with van der Waals surface area (Å²) in [4.78, 5) is 9.56. The van der Waals surface area contributed by atoms with Gasteiger partial charge in [-0.1, -0.05) is 24.3 Å². The number of hydrogen-bond acceptors (Lipinski definition) is 7. The van der Waals surface area contributed by atoms with Gasteiger partial charge in [-0.25, -0.2) is 9.97 Å². The molecule has 8 rings (SSSR count). The highest BCUT2D eigenvalue weighted by molar-refractivity contribution is 6.12. The Labute approximate surface area is 285 Å². The van der Waals surface area contributed by atoms with Gasteiger partial charge in [-0.05, 0) is 80.6 Å². The molecular weight excluding hydrogens is 619 g/mol. The Kier molecular flexibility index (Phi) is 6.63. The van der Waals surface area contributed by atoms with Crippen molar-refractivity contribution in [1.82, 2.24) is 19.1 Å². The normalized spacial score (nSPS) is 10.9. The van der Waals surface area contributed by atoms with Gasteiger partial charge in [0.2, 0.25) is 0 Å². The van der Waals surface area contributed by atoms with Crippen LogP contribution in [0.3, 0.4) is 0 Å². The Balaban J connectivity index is 1.61. The lowest BCUT2D eigenvalue weighted by Crippen LogP contribution is -2.06. The third kappa shape index (κ3) is 4.43. The standard InChI is InChI=1S/C41H21N9/c1-23-11-24(2)48-41(47-23)29-16-39(49-35-12-25(18-42)3-7-30(35)31-8-4-26(19-43)13-36(31)49)34(22-46)40(17-29)50-37-14-27(20-44)5-9-32(37)33-10-6-28(21-45)15-38(33)50/h3-17H,1-2H3. The van der Waals surface area contributed by atoms with Crippen LogP contribution in [0.15, 0.2) is 91.0 Å². The first-order valence-corrected chi connectivity index (χ1v) is 15.5. The van der Waals surface area contributed by atoms with E-state index in [1.807, 2.05) is 65.4 Å². The molecule has 0 amide bonds. The minimum absolute atomic E-state index is 0.283. The average Bonchev–Trinajstić information content (AvgIpc) is 3.64. The molecule has 0 fully saturated rings. The van der Waals surface area contributed by atoms with E-state index in [9.17, 15) is 26.3 Å². The monoisotopic (exact) mass is 639 g/mol. The van der Waals surface area contributed by atoms with Crippen LogP contribution in [0, 0.1) is 70.5 Å². The Hall–Kier alpha value is -7.77. The summed E-state index contributed by atoms with van der Waals surface area (Å²) in [6, 6.07) is 38.6. The Bertz CT molecular complexity index is 2680. The van der Waals surface area contributed by atoms with Crippen molar-refractivity contribution in [1.29, 1.82) is 26.3 Å². The maximum absolute atomic E-state index is 11.1. The molecule has 5 aromatic carbocycles. The second-order valence-corrected chi connectivity index (χ2v) is 12.0. The van der Waals surface area contributed by atoms with Crippen molar-refractivity contribution in [3.05, 3.63) is 130 Å². The third-order valence-corrected chi connectivity index (χ3v) is 8.98. The number of benzene rings is 5. The van der Waals surface area contributed by atoms with Crippen molar-refractivity contribution in [2.45, 2.75) is 13.8 Å². The summed E-state index contributed by atoms with van der Waals surface area (Å²) >= 11 is 0. The summed E-state index contributed by atoms with van der Waals surface area (Å²) in [5.41, 5.74) is 7.85. The zero-order chi connectivity index (χ0) is 34.7. The average molecular weight is 640 g/mol. The molecule has 0 unspecified atom stereocenters. The summed E-state index contributed by atoms with van der Waals surface area (Å²) in [5, 5.41) is 54.1. The fourth-order valence-corrected chi connectivity index (χ4v) is 6.90. The summed E-state index contributed by atoms with van der Waals surface area (Å²) < 4.78 is 3.83. The van der Waals surface area contributed by atoms with Gasteiger partial charge in [0, 0.05) is 38.5 Å². The van der Waals surface area contributed by atoms with Gasteiger partial charge in [0.25, 0.3) is 0 Å². The molecule has 8 aromatic rings. The summed E-state index contributed by atoms with van der Waals surface area (Å²) in [6.45, 7) is 3.78. The highest BCUT2D eigenvalue weighted by atomic mass is 15.0. The number of nitriles is 5. The summed E-state index contributed by atoms with van der Waals surface area (Å²) in [6.07, 6.45) is 0. The van der Waals surface area contributed by atoms with Crippen LogP contribution >= 0.6 is 0 Å². The van der Waals surface area contributed by atoms with Crippen LogP contribution in [0.5, 0.6) is 0 Å². The minimum Gasteiger partial charge on any atom is -0.308 e. The van der Waals surface area contributed by atoms with Crippen LogP contribution in [-0.2, 0) is 0 Å². The molecule has 0 bridgehead atoms. The van der Waals surface area contributed by atoms with Crippen LogP contribution in [-0.4, -0.2) is 19.1 Å². The van der Waals surface area contributed by atoms with Gasteiger partial charge in [-0.15, -0.1) is 0 Å². The second kappa shape index (κ2) is 11.2. The molecule has 0 aliphatic heterocycles. The molecule has 50 heavy (non-hydrogen) atoms. The van der Waals surface area contributed by atoms with Crippen LogP contribution in [0.25, 0.3) is 66.4 Å². The first kappa shape index (κ1) is 29.6. The predicted octanol–water partition coefficient (Wildman–Crippen LogP) is 8.31. The molecule has 230 valence electrons. The van der Waals surface area contributed by atoms with Crippen molar-refractivity contribution >= 4 is 43.6 Å². The van der Waals surface area contributed by atoms with Crippen molar-refractivity contribution < 1.29 is 0 Å². The SMILES string of the molecule is Cc1cc(C)nc(-c2cc(-n3c4cc(C#N)ccc4c4ccc(C#N)cc43)c(C#N)c(-n3c4cc(C#N)ccc4c4ccc(C#N)cc43)c2)n1. The van der Waals surface area contributed by atoms with Gasteiger partial charge in [-0.3, -0.25) is 0 Å². The van der Waals surface area contributed by atoms with Crippen molar-refractivity contribution in [2.24, 2.45) is 0 Å². The number of rotatable bonds is 3. The lowest BCUT2D eigenvalue weighted by Gasteiger charge is -2.18. The highest BCUT2D eigenvalue weighted by Gasteiger charge is 2.24. The Morgan fingerprint density at radius 1 is 0.440 bits per heavy atom. The molecule has 0 atom stereocenters. The van der Waals surface area contributed by atoms with Crippen LogP contribution in [0.4, 0.5) is 0 Å². The van der Waals surface area contributed by atoms with E-state index in [4.69, 9.17) is 9.97 Å². The maximum Gasteiger partial charge on any atom is 0.159 e. The molecule has 0 aliphatic carbocycles. The van der Waals surface area contributed by atoms with E-state index in [0.717, 1.165) is 32.9 Å². The maximum atomic E-state index is 11.1. The third-order valence-electron chi connectivity index (χ3n) is 8.98. The molecule has 3 heterocycles. The largest absolute Gasteiger partial charge is 0.308 e. The van der Waals surface area contributed by atoms with Crippen molar-refractivity contribution in [3.63, 3.8) is 0 Å². The van der Waals surface area contributed by atoms with E-state index in [-0.39, 0.29) is 5.56 Å². The van der Waals surface area contributed by atoms with Gasteiger partial charge >= 0.3 is 0 Å². The molecule has 3 aromatic heterocycles.